The predicted octanol–water partition coefficient (Wildman–Crippen LogP) is 5.45. The Morgan fingerprint density at radius 1 is 1.13 bits per heavy atom. The quantitative estimate of drug-likeness (QED) is 0.504. The van der Waals surface area contributed by atoms with Crippen LogP contribution >= 0.6 is 11.6 Å². The Morgan fingerprint density at radius 3 is 2.42 bits per heavy atom. The third-order valence-corrected chi connectivity index (χ3v) is 9.16. The summed E-state index contributed by atoms with van der Waals surface area (Å²) in [6.45, 7) is 0. The summed E-state index contributed by atoms with van der Waals surface area (Å²) in [5, 5.41) is 0.406. The van der Waals surface area contributed by atoms with Crippen LogP contribution in [0.5, 0.6) is 0 Å². The zero-order valence-electron chi connectivity index (χ0n) is 17.1. The maximum absolute atomic E-state index is 14.9. The molecule has 0 amide bonds. The highest BCUT2D eigenvalue weighted by molar-refractivity contribution is 7.92. The van der Waals surface area contributed by atoms with Crippen molar-refractivity contribution in [1.29, 1.82) is 0 Å². The molecule has 4 nitrogen and oxygen atoms in total. The molecule has 164 valence electrons. The maximum atomic E-state index is 14.9. The molecule has 1 aliphatic rings. The van der Waals surface area contributed by atoms with Gasteiger partial charge >= 0.3 is 0 Å². The molecule has 1 aliphatic carbocycles. The van der Waals surface area contributed by atoms with Gasteiger partial charge in [-0.3, -0.25) is 0 Å². The van der Waals surface area contributed by atoms with E-state index in [1.807, 2.05) is 17.8 Å². The van der Waals surface area contributed by atoms with Crippen LogP contribution in [0.25, 0.3) is 0 Å². The van der Waals surface area contributed by atoms with Crippen LogP contribution in [0.2, 0.25) is 5.02 Å². The lowest BCUT2D eigenvalue weighted by Gasteiger charge is -2.40. The zero-order valence-corrected chi connectivity index (χ0v) is 18.6. The second-order valence-electron chi connectivity index (χ2n) is 8.18. The van der Waals surface area contributed by atoms with Gasteiger partial charge in [0.15, 0.2) is 9.84 Å². The Morgan fingerprint density at radius 2 is 1.81 bits per heavy atom. The molecule has 31 heavy (non-hydrogen) atoms. The summed E-state index contributed by atoms with van der Waals surface area (Å²) in [7, 11) is -2.09. The Kier molecular flexibility index (Phi) is 5.92. The molecule has 0 bridgehead atoms. The molecular weight excluding hydrogens is 442 g/mol. The second-order valence-corrected chi connectivity index (χ2v) is 10.9. The topological polar surface area (TPSA) is 52.0 Å². The lowest BCUT2D eigenvalue weighted by molar-refractivity contribution is 0.281. The first-order valence-corrected chi connectivity index (χ1v) is 12.0. The zero-order chi connectivity index (χ0) is 22.2. The molecule has 0 saturated heterocycles. The van der Waals surface area contributed by atoms with E-state index >= 15 is 0 Å². The van der Waals surface area contributed by atoms with Gasteiger partial charge in [0.1, 0.15) is 22.2 Å². The van der Waals surface area contributed by atoms with Crippen LogP contribution in [0, 0.1) is 17.6 Å². The summed E-state index contributed by atoms with van der Waals surface area (Å²) in [5.74, 6) is -0.222. The van der Waals surface area contributed by atoms with Crippen LogP contribution in [0.3, 0.4) is 0 Å². The average Bonchev–Trinajstić information content (AvgIpc) is 3.15. The normalized spacial score (nSPS) is 21.9. The molecule has 0 atom stereocenters. The smallest absolute Gasteiger partial charge is 0.188 e. The summed E-state index contributed by atoms with van der Waals surface area (Å²) in [5.41, 5.74) is -0.0992. The fourth-order valence-corrected chi connectivity index (χ4v) is 6.86. The van der Waals surface area contributed by atoms with E-state index in [0.29, 0.717) is 24.3 Å². The van der Waals surface area contributed by atoms with Crippen molar-refractivity contribution in [3.05, 3.63) is 82.9 Å². The summed E-state index contributed by atoms with van der Waals surface area (Å²) in [6, 6.07) is 8.89. The lowest BCUT2D eigenvalue weighted by atomic mass is 9.76. The molecular formula is C23H23ClF2N2O2S. The van der Waals surface area contributed by atoms with Gasteiger partial charge in [-0.05, 0) is 74.1 Å². The van der Waals surface area contributed by atoms with E-state index in [9.17, 15) is 17.2 Å². The van der Waals surface area contributed by atoms with Gasteiger partial charge in [-0.25, -0.2) is 22.2 Å². The Hall–Kier alpha value is -2.25. The van der Waals surface area contributed by atoms with Crippen molar-refractivity contribution in [3.63, 3.8) is 0 Å². The molecule has 0 spiro atoms. The van der Waals surface area contributed by atoms with E-state index in [1.54, 1.807) is 6.20 Å². The van der Waals surface area contributed by atoms with Crippen LogP contribution in [-0.4, -0.2) is 18.0 Å². The molecule has 0 aliphatic heterocycles. The highest BCUT2D eigenvalue weighted by Crippen LogP contribution is 2.49. The second kappa shape index (κ2) is 8.36. The number of hydrogen-bond acceptors (Lipinski definition) is 3. The Balaban J connectivity index is 1.74. The molecule has 1 fully saturated rings. The number of benzene rings is 2. The standard InChI is InChI=1S/C23H23ClF2N2O2S/c1-28-13-12-27-22(28)14-16-8-10-23(11-9-16,20-15-18(25)4-7-21(20)26)31(29,30)19-5-2-17(24)3-6-19/h2-7,12-13,15-16H,8-11,14H2,1H3. The number of hydrogen-bond donors (Lipinski definition) is 0. The molecule has 4 rings (SSSR count). The van der Waals surface area contributed by atoms with Crippen molar-refractivity contribution < 1.29 is 17.2 Å². The molecule has 3 aromatic rings. The third kappa shape index (κ3) is 4.01. The first-order chi connectivity index (χ1) is 14.7. The SMILES string of the molecule is Cn1ccnc1CC1CCC(c2cc(F)ccc2F)(S(=O)(=O)c2ccc(Cl)cc2)CC1. The summed E-state index contributed by atoms with van der Waals surface area (Å²) in [4.78, 5) is 4.42. The van der Waals surface area contributed by atoms with Crippen molar-refractivity contribution in [2.75, 3.05) is 0 Å². The number of sulfone groups is 1. The summed E-state index contributed by atoms with van der Waals surface area (Å²) >= 11 is 5.93. The van der Waals surface area contributed by atoms with Crippen LogP contribution in [0.1, 0.15) is 37.1 Å². The molecule has 1 heterocycles. The lowest BCUT2D eigenvalue weighted by Crippen LogP contribution is -2.41. The minimum Gasteiger partial charge on any atom is -0.338 e. The van der Waals surface area contributed by atoms with E-state index in [-0.39, 0.29) is 29.2 Å². The minimum atomic E-state index is -4.01. The number of imidazole rings is 1. The van der Waals surface area contributed by atoms with Crippen molar-refractivity contribution in [3.8, 4) is 0 Å². The molecule has 1 aromatic heterocycles. The summed E-state index contributed by atoms with van der Waals surface area (Å²) < 4.78 is 57.0. The van der Waals surface area contributed by atoms with Crippen molar-refractivity contribution >= 4 is 21.4 Å². The molecule has 1 saturated carbocycles. The van der Waals surface area contributed by atoms with Crippen molar-refractivity contribution in [2.24, 2.45) is 13.0 Å². The van der Waals surface area contributed by atoms with Gasteiger partial charge in [0.25, 0.3) is 0 Å². The van der Waals surface area contributed by atoms with Gasteiger partial charge < -0.3 is 4.57 Å². The van der Waals surface area contributed by atoms with Crippen LogP contribution in [0.15, 0.2) is 59.8 Å². The Labute approximate surface area is 185 Å². The van der Waals surface area contributed by atoms with Crippen LogP contribution in [-0.2, 0) is 28.1 Å². The minimum absolute atomic E-state index is 0.0584. The predicted molar refractivity (Wildman–Crippen MR) is 116 cm³/mol. The molecule has 8 heteroatoms. The monoisotopic (exact) mass is 464 g/mol. The highest BCUT2D eigenvalue weighted by atomic mass is 35.5. The number of rotatable bonds is 5. The first kappa shape index (κ1) is 22.0. The van der Waals surface area contributed by atoms with E-state index in [2.05, 4.69) is 4.98 Å². The van der Waals surface area contributed by atoms with E-state index < -0.39 is 26.2 Å². The van der Waals surface area contributed by atoms with Gasteiger partial charge in [-0.15, -0.1) is 0 Å². The maximum Gasteiger partial charge on any atom is 0.188 e. The van der Waals surface area contributed by atoms with Gasteiger partial charge in [-0.2, -0.15) is 0 Å². The summed E-state index contributed by atoms with van der Waals surface area (Å²) in [6.07, 6.45) is 5.85. The van der Waals surface area contributed by atoms with Crippen molar-refractivity contribution in [2.45, 2.75) is 41.7 Å². The fourth-order valence-electron chi connectivity index (χ4n) is 4.57. The van der Waals surface area contributed by atoms with Crippen LogP contribution < -0.4 is 0 Å². The van der Waals surface area contributed by atoms with Crippen LogP contribution in [0.4, 0.5) is 8.78 Å². The van der Waals surface area contributed by atoms with Gasteiger partial charge in [0, 0.05) is 36.4 Å². The molecule has 0 radical (unpaired) electrons. The Bertz CT molecular complexity index is 1180. The number of aromatic nitrogens is 2. The van der Waals surface area contributed by atoms with Crippen molar-refractivity contribution in [1.82, 2.24) is 9.55 Å². The van der Waals surface area contributed by atoms with E-state index in [4.69, 9.17) is 11.6 Å². The molecule has 0 unspecified atom stereocenters. The number of nitrogens with zero attached hydrogens (tertiary/aromatic N) is 2. The van der Waals surface area contributed by atoms with Gasteiger partial charge in [0.05, 0.1) is 4.90 Å². The van der Waals surface area contributed by atoms with E-state index in [1.165, 1.54) is 24.3 Å². The fraction of sp³-hybridized carbons (Fsp3) is 0.348. The average molecular weight is 465 g/mol. The van der Waals surface area contributed by atoms with Gasteiger partial charge in [0.2, 0.25) is 0 Å². The third-order valence-electron chi connectivity index (χ3n) is 6.36. The number of aryl methyl sites for hydroxylation is 1. The number of halogens is 3. The van der Waals surface area contributed by atoms with Gasteiger partial charge in [-0.1, -0.05) is 11.6 Å². The first-order valence-electron chi connectivity index (χ1n) is 10.1. The highest BCUT2D eigenvalue weighted by Gasteiger charge is 2.50. The largest absolute Gasteiger partial charge is 0.338 e. The van der Waals surface area contributed by atoms with E-state index in [0.717, 1.165) is 24.0 Å². The molecule has 0 N–H and O–H groups in total. The molecule has 2 aromatic carbocycles.